The van der Waals surface area contributed by atoms with E-state index >= 15 is 0 Å². The summed E-state index contributed by atoms with van der Waals surface area (Å²) in [7, 11) is 0.179. The number of methoxy groups -OCH3 is 1. The number of thioether (sulfide) groups is 1. The molecule has 1 rings (SSSR count). The summed E-state index contributed by atoms with van der Waals surface area (Å²) in [5, 5.41) is 19.2. The Morgan fingerprint density at radius 2 is 1.94 bits per heavy atom. The van der Waals surface area contributed by atoms with E-state index in [-0.39, 0.29) is 0 Å². The van der Waals surface area contributed by atoms with Gasteiger partial charge in [-0.15, -0.1) is 0 Å². The van der Waals surface area contributed by atoms with Gasteiger partial charge in [0.2, 0.25) is 0 Å². The predicted molar refractivity (Wildman–Crippen MR) is 78.4 cm³/mol. The molecule has 18 heavy (non-hydrogen) atoms. The summed E-state index contributed by atoms with van der Waals surface area (Å²) in [6.45, 7) is 6.56. The quantitative estimate of drug-likeness (QED) is 0.770. The van der Waals surface area contributed by atoms with Crippen molar-refractivity contribution in [1.82, 2.24) is 0 Å². The average molecular weight is 268 g/mol. The van der Waals surface area contributed by atoms with E-state index < -0.39 is 7.12 Å². The highest BCUT2D eigenvalue weighted by atomic mass is 32.2. The fraction of sp³-hybridized carbons (Fsp3) is 0.538. The third-order valence-corrected chi connectivity index (χ3v) is 4.62. The first-order chi connectivity index (χ1) is 8.45. The molecule has 0 aliphatic carbocycles. The summed E-state index contributed by atoms with van der Waals surface area (Å²) in [4.78, 5) is 0. The number of rotatable bonds is 6. The number of hydrogen-bond acceptors (Lipinski definition) is 4. The molecular formula is C13H21BO3S. The molecule has 0 fully saturated rings. The normalized spacial score (nSPS) is 12.6. The Labute approximate surface area is 114 Å². The van der Waals surface area contributed by atoms with E-state index in [1.54, 1.807) is 19.2 Å². The first kappa shape index (κ1) is 15.4. The molecule has 1 aromatic carbocycles. The molecule has 2 N–H and O–H groups in total. The van der Waals surface area contributed by atoms with E-state index in [1.807, 2.05) is 17.8 Å². The lowest BCUT2D eigenvalue weighted by molar-refractivity contribution is 0.413. The molecule has 0 heterocycles. The molecule has 1 unspecified atom stereocenters. The maximum Gasteiger partial charge on any atom is 0.488 e. The van der Waals surface area contributed by atoms with Gasteiger partial charge in [-0.1, -0.05) is 26.8 Å². The Morgan fingerprint density at radius 3 is 2.44 bits per heavy atom. The Hall–Kier alpha value is -0.645. The maximum atomic E-state index is 9.35. The lowest BCUT2D eigenvalue weighted by Crippen LogP contribution is -2.32. The summed E-state index contributed by atoms with van der Waals surface area (Å²) in [5.41, 5.74) is 1.47. The molecule has 100 valence electrons. The van der Waals surface area contributed by atoms with Crippen molar-refractivity contribution in [2.75, 3.05) is 7.11 Å². The van der Waals surface area contributed by atoms with Crippen LogP contribution >= 0.6 is 11.8 Å². The molecule has 0 radical (unpaired) electrons. The first-order valence-electron chi connectivity index (χ1n) is 6.10. The fourth-order valence-corrected chi connectivity index (χ4v) is 2.58. The van der Waals surface area contributed by atoms with E-state index in [9.17, 15) is 10.0 Å². The van der Waals surface area contributed by atoms with Crippen molar-refractivity contribution in [3.63, 3.8) is 0 Å². The van der Waals surface area contributed by atoms with Crippen molar-refractivity contribution < 1.29 is 14.8 Å². The molecule has 0 aliphatic heterocycles. The lowest BCUT2D eigenvalue weighted by atomic mass is 9.77. The van der Waals surface area contributed by atoms with E-state index in [0.29, 0.717) is 16.6 Å². The zero-order valence-electron chi connectivity index (χ0n) is 11.4. The van der Waals surface area contributed by atoms with Gasteiger partial charge in [-0.3, -0.25) is 0 Å². The van der Waals surface area contributed by atoms with Gasteiger partial charge in [-0.05, 0) is 29.1 Å². The monoisotopic (exact) mass is 268 g/mol. The summed E-state index contributed by atoms with van der Waals surface area (Å²) in [6.07, 6.45) is 0. The second-order valence-corrected chi connectivity index (χ2v) is 6.06. The Balaban J connectivity index is 2.84. The van der Waals surface area contributed by atoms with Crippen LogP contribution in [0.25, 0.3) is 0 Å². The summed E-state index contributed by atoms with van der Waals surface area (Å²) in [5.74, 6) is 2.10. The van der Waals surface area contributed by atoms with Crippen LogP contribution in [-0.4, -0.2) is 29.5 Å². The van der Waals surface area contributed by atoms with Gasteiger partial charge in [0.25, 0.3) is 0 Å². The Kier molecular flexibility index (Phi) is 6.05. The smallest absolute Gasteiger partial charge is 0.488 e. The van der Waals surface area contributed by atoms with Crippen molar-refractivity contribution >= 4 is 24.3 Å². The number of hydrogen-bond donors (Lipinski definition) is 2. The molecule has 0 saturated heterocycles. The van der Waals surface area contributed by atoms with Gasteiger partial charge in [0.05, 0.1) is 7.11 Å². The molecule has 3 nitrogen and oxygen atoms in total. The predicted octanol–water partition coefficient (Wildman–Crippen LogP) is 1.65. The molecule has 1 aromatic rings. The summed E-state index contributed by atoms with van der Waals surface area (Å²) >= 11 is 1.81. The molecule has 0 spiro atoms. The second-order valence-electron chi connectivity index (χ2n) is 4.70. The molecule has 0 aliphatic rings. The fourth-order valence-electron chi connectivity index (χ4n) is 1.50. The minimum atomic E-state index is -1.43. The largest absolute Gasteiger partial charge is 0.497 e. The van der Waals surface area contributed by atoms with E-state index in [4.69, 9.17) is 4.74 Å². The summed E-state index contributed by atoms with van der Waals surface area (Å²) < 4.78 is 5.17. The van der Waals surface area contributed by atoms with Crippen molar-refractivity contribution in [3.05, 3.63) is 23.8 Å². The topological polar surface area (TPSA) is 49.7 Å². The zero-order valence-corrected chi connectivity index (χ0v) is 12.2. The highest BCUT2D eigenvalue weighted by Crippen LogP contribution is 2.24. The van der Waals surface area contributed by atoms with Crippen LogP contribution in [0.2, 0.25) is 0 Å². The van der Waals surface area contributed by atoms with E-state index in [1.165, 1.54) is 0 Å². The van der Waals surface area contributed by atoms with Crippen molar-refractivity contribution in [2.45, 2.75) is 31.8 Å². The Morgan fingerprint density at radius 1 is 1.28 bits per heavy atom. The van der Waals surface area contributed by atoms with Gasteiger partial charge in [-0.25, -0.2) is 0 Å². The van der Waals surface area contributed by atoms with Crippen LogP contribution in [0.5, 0.6) is 5.75 Å². The molecule has 0 bridgehead atoms. The van der Waals surface area contributed by atoms with Crippen LogP contribution in [0.15, 0.2) is 18.2 Å². The Bertz CT molecular complexity index is 382. The number of ether oxygens (including phenoxy) is 1. The minimum Gasteiger partial charge on any atom is -0.497 e. The number of benzene rings is 1. The van der Waals surface area contributed by atoms with Gasteiger partial charge in [0, 0.05) is 11.0 Å². The highest BCUT2D eigenvalue weighted by molar-refractivity contribution is 7.99. The third-order valence-electron chi connectivity index (χ3n) is 3.07. The second kappa shape index (κ2) is 7.07. The third kappa shape index (κ3) is 4.23. The minimum absolute atomic E-state index is 0.528. The van der Waals surface area contributed by atoms with Crippen LogP contribution in [-0.2, 0) is 5.75 Å². The SMILES string of the molecule is COc1ccc(B(O)O)c(CSC(C)C(C)C)c1. The van der Waals surface area contributed by atoms with Crippen LogP contribution in [0, 0.1) is 5.92 Å². The molecule has 5 heteroatoms. The van der Waals surface area contributed by atoms with Crippen LogP contribution in [0.1, 0.15) is 26.3 Å². The van der Waals surface area contributed by atoms with Gasteiger partial charge in [0.15, 0.2) is 0 Å². The van der Waals surface area contributed by atoms with Crippen LogP contribution in [0.3, 0.4) is 0 Å². The summed E-state index contributed by atoms with van der Waals surface area (Å²) in [6, 6.07) is 5.32. The lowest BCUT2D eigenvalue weighted by Gasteiger charge is -2.17. The molecule has 0 aromatic heterocycles. The highest BCUT2D eigenvalue weighted by Gasteiger charge is 2.17. The molecule has 0 amide bonds. The van der Waals surface area contributed by atoms with Crippen LogP contribution in [0.4, 0.5) is 0 Å². The standard InChI is InChI=1S/C13H21BO3S/c1-9(2)10(3)18-8-11-7-12(17-4)5-6-13(11)14(15)16/h5-7,9-10,15-16H,8H2,1-4H3. The van der Waals surface area contributed by atoms with Crippen molar-refractivity contribution in [2.24, 2.45) is 5.92 Å². The molecule has 0 saturated carbocycles. The van der Waals surface area contributed by atoms with Crippen molar-refractivity contribution in [1.29, 1.82) is 0 Å². The van der Waals surface area contributed by atoms with E-state index in [0.717, 1.165) is 17.1 Å². The maximum absolute atomic E-state index is 9.35. The van der Waals surface area contributed by atoms with Gasteiger partial charge in [0.1, 0.15) is 5.75 Å². The van der Waals surface area contributed by atoms with Crippen LogP contribution < -0.4 is 10.2 Å². The molecular weight excluding hydrogens is 247 g/mol. The van der Waals surface area contributed by atoms with E-state index in [2.05, 4.69) is 20.8 Å². The van der Waals surface area contributed by atoms with Gasteiger partial charge in [-0.2, -0.15) is 11.8 Å². The zero-order chi connectivity index (χ0) is 13.7. The average Bonchev–Trinajstić information content (AvgIpc) is 2.34. The van der Waals surface area contributed by atoms with Crippen molar-refractivity contribution in [3.8, 4) is 5.75 Å². The first-order valence-corrected chi connectivity index (χ1v) is 7.15. The van der Waals surface area contributed by atoms with Gasteiger partial charge >= 0.3 is 7.12 Å². The molecule has 1 atom stereocenters. The van der Waals surface area contributed by atoms with Gasteiger partial charge < -0.3 is 14.8 Å².